The molecular formula is C11H19N3O2. The summed E-state index contributed by atoms with van der Waals surface area (Å²) in [5.74, 6) is 0.0621. The molecule has 1 rings (SSSR count). The number of rotatable bonds is 3. The van der Waals surface area contributed by atoms with Crippen LogP contribution in [0.1, 0.15) is 20.3 Å². The van der Waals surface area contributed by atoms with Crippen molar-refractivity contribution in [2.45, 2.75) is 32.4 Å². The number of hydrogen-bond donors (Lipinski definition) is 2. The summed E-state index contributed by atoms with van der Waals surface area (Å²) in [7, 11) is 0. The van der Waals surface area contributed by atoms with Crippen LogP contribution >= 0.6 is 0 Å². The van der Waals surface area contributed by atoms with Crippen LogP contribution in [0.3, 0.4) is 0 Å². The highest BCUT2D eigenvalue weighted by Gasteiger charge is 2.29. The number of carbonyl (C=O) groups is 1. The largest absolute Gasteiger partial charge is 0.393 e. The maximum atomic E-state index is 11.0. The highest BCUT2D eigenvalue weighted by atomic mass is 16.3. The summed E-state index contributed by atoms with van der Waals surface area (Å²) in [6.45, 7) is 5.00. The fourth-order valence-electron chi connectivity index (χ4n) is 2.20. The van der Waals surface area contributed by atoms with E-state index in [4.69, 9.17) is 5.26 Å². The quantitative estimate of drug-likeness (QED) is 0.648. The van der Waals surface area contributed by atoms with Crippen molar-refractivity contribution in [2.24, 2.45) is 5.92 Å². The lowest BCUT2D eigenvalue weighted by Gasteiger charge is -2.38. The van der Waals surface area contributed by atoms with Crippen molar-refractivity contribution in [3.8, 4) is 6.07 Å². The van der Waals surface area contributed by atoms with Crippen molar-refractivity contribution in [2.75, 3.05) is 19.6 Å². The van der Waals surface area contributed by atoms with E-state index in [0.29, 0.717) is 13.1 Å². The second kappa shape index (κ2) is 5.83. The van der Waals surface area contributed by atoms with Gasteiger partial charge in [-0.15, -0.1) is 0 Å². The molecule has 16 heavy (non-hydrogen) atoms. The zero-order valence-electron chi connectivity index (χ0n) is 9.81. The number of nitrogens with one attached hydrogen (secondary N) is 1. The van der Waals surface area contributed by atoms with Crippen LogP contribution in [0, 0.1) is 17.2 Å². The van der Waals surface area contributed by atoms with Crippen LogP contribution in [0.5, 0.6) is 0 Å². The fourth-order valence-corrected chi connectivity index (χ4v) is 2.20. The van der Waals surface area contributed by atoms with Gasteiger partial charge in [0, 0.05) is 26.1 Å². The molecule has 5 heteroatoms. The Bertz CT molecular complexity index is 285. The Kier molecular flexibility index (Phi) is 4.71. The third kappa shape index (κ3) is 3.80. The summed E-state index contributed by atoms with van der Waals surface area (Å²) in [6.07, 6.45) is 0.372. The van der Waals surface area contributed by atoms with Crippen molar-refractivity contribution in [3.63, 3.8) is 0 Å². The van der Waals surface area contributed by atoms with E-state index in [-0.39, 0.29) is 17.9 Å². The van der Waals surface area contributed by atoms with Gasteiger partial charge >= 0.3 is 0 Å². The molecule has 1 fully saturated rings. The van der Waals surface area contributed by atoms with E-state index in [0.717, 1.165) is 13.0 Å². The van der Waals surface area contributed by atoms with E-state index in [2.05, 4.69) is 11.4 Å². The number of likely N-dealkylation sites (tertiary alicyclic amines) is 1. The van der Waals surface area contributed by atoms with Gasteiger partial charge in [-0.3, -0.25) is 9.69 Å². The fraction of sp³-hybridized carbons (Fsp3) is 0.818. The van der Waals surface area contributed by atoms with Crippen LogP contribution in [0.4, 0.5) is 0 Å². The zero-order chi connectivity index (χ0) is 12.1. The Morgan fingerprint density at radius 3 is 2.88 bits per heavy atom. The topological polar surface area (TPSA) is 76.4 Å². The van der Waals surface area contributed by atoms with Gasteiger partial charge in [-0.25, -0.2) is 0 Å². The first-order valence-electron chi connectivity index (χ1n) is 5.57. The number of aliphatic hydroxyl groups is 1. The lowest BCUT2D eigenvalue weighted by atomic mass is 9.90. The number of hydrogen-bond acceptors (Lipinski definition) is 4. The Hall–Kier alpha value is -1.12. The Labute approximate surface area is 96.0 Å². The van der Waals surface area contributed by atoms with Crippen LogP contribution in [0.25, 0.3) is 0 Å². The van der Waals surface area contributed by atoms with Gasteiger partial charge < -0.3 is 10.4 Å². The Morgan fingerprint density at radius 2 is 2.38 bits per heavy atom. The van der Waals surface area contributed by atoms with Crippen LogP contribution < -0.4 is 5.32 Å². The smallest absolute Gasteiger partial charge is 0.217 e. The first-order chi connectivity index (χ1) is 7.52. The first kappa shape index (κ1) is 12.9. The highest BCUT2D eigenvalue weighted by molar-refractivity contribution is 5.73. The van der Waals surface area contributed by atoms with Gasteiger partial charge in [0.1, 0.15) is 0 Å². The van der Waals surface area contributed by atoms with E-state index < -0.39 is 6.10 Å². The first-order valence-corrected chi connectivity index (χ1v) is 5.57. The average Bonchev–Trinajstić information content (AvgIpc) is 2.16. The number of amides is 1. The zero-order valence-corrected chi connectivity index (χ0v) is 9.81. The molecule has 0 saturated carbocycles. The van der Waals surface area contributed by atoms with Crippen molar-refractivity contribution >= 4 is 5.91 Å². The molecule has 1 saturated heterocycles. The van der Waals surface area contributed by atoms with Gasteiger partial charge in [-0.1, -0.05) is 0 Å². The number of nitrogens with zero attached hydrogens (tertiary/aromatic N) is 2. The third-order valence-corrected chi connectivity index (χ3v) is 2.94. The summed E-state index contributed by atoms with van der Waals surface area (Å²) in [5.41, 5.74) is 0. The van der Waals surface area contributed by atoms with E-state index in [1.165, 1.54) is 6.92 Å². The lowest BCUT2D eigenvalue weighted by molar-refractivity contribution is -0.120. The van der Waals surface area contributed by atoms with Crippen LogP contribution in [0.15, 0.2) is 0 Å². The SMILES string of the molecule is CC(=O)NC1CC(C(C)O)CN(CC#N)C1. The monoisotopic (exact) mass is 225 g/mol. The lowest BCUT2D eigenvalue weighted by Crippen LogP contribution is -2.52. The summed E-state index contributed by atoms with van der Waals surface area (Å²) in [5, 5.41) is 21.1. The molecule has 1 amide bonds. The van der Waals surface area contributed by atoms with E-state index in [9.17, 15) is 9.90 Å². The standard InChI is InChI=1S/C11H19N3O2/c1-8(15)10-5-11(13-9(2)16)7-14(6-10)4-3-12/h8,10-11,15H,4-7H2,1-2H3,(H,13,16). The third-order valence-electron chi connectivity index (χ3n) is 2.94. The van der Waals surface area contributed by atoms with Crippen molar-refractivity contribution < 1.29 is 9.90 Å². The molecule has 2 N–H and O–H groups in total. The normalized spacial score (nSPS) is 28.1. The second-order valence-corrected chi connectivity index (χ2v) is 4.49. The molecule has 0 radical (unpaired) electrons. The van der Waals surface area contributed by atoms with Gasteiger partial charge in [-0.05, 0) is 19.3 Å². The molecule has 5 nitrogen and oxygen atoms in total. The van der Waals surface area contributed by atoms with Crippen LogP contribution in [-0.4, -0.2) is 47.7 Å². The van der Waals surface area contributed by atoms with E-state index in [1.54, 1.807) is 6.92 Å². The average molecular weight is 225 g/mol. The Morgan fingerprint density at radius 1 is 1.69 bits per heavy atom. The number of aliphatic hydroxyl groups excluding tert-OH is 1. The molecule has 0 spiro atoms. The minimum absolute atomic E-state index is 0.0409. The van der Waals surface area contributed by atoms with E-state index in [1.807, 2.05) is 4.90 Å². The molecule has 0 bridgehead atoms. The summed E-state index contributed by atoms with van der Waals surface area (Å²) in [4.78, 5) is 13.0. The molecule has 1 aliphatic rings. The maximum Gasteiger partial charge on any atom is 0.217 e. The van der Waals surface area contributed by atoms with Gasteiger partial charge in [0.15, 0.2) is 0 Å². The molecular weight excluding hydrogens is 206 g/mol. The van der Waals surface area contributed by atoms with Crippen LogP contribution in [0.2, 0.25) is 0 Å². The van der Waals surface area contributed by atoms with E-state index >= 15 is 0 Å². The predicted octanol–water partition coefficient (Wildman–Crippen LogP) is -0.283. The number of carbonyl (C=O) groups excluding carboxylic acids is 1. The minimum atomic E-state index is -0.405. The Balaban J connectivity index is 2.59. The van der Waals surface area contributed by atoms with Gasteiger partial charge in [0.05, 0.1) is 18.7 Å². The molecule has 3 unspecified atom stereocenters. The number of piperidine rings is 1. The summed E-state index contributed by atoms with van der Waals surface area (Å²) < 4.78 is 0. The molecule has 0 aromatic rings. The van der Waals surface area contributed by atoms with Crippen LogP contribution in [-0.2, 0) is 4.79 Å². The van der Waals surface area contributed by atoms with Gasteiger partial charge in [0.25, 0.3) is 0 Å². The van der Waals surface area contributed by atoms with Crippen molar-refractivity contribution in [3.05, 3.63) is 0 Å². The maximum absolute atomic E-state index is 11.0. The molecule has 3 atom stereocenters. The summed E-state index contributed by atoms with van der Waals surface area (Å²) in [6, 6.07) is 2.14. The van der Waals surface area contributed by atoms with Crippen molar-refractivity contribution in [1.82, 2.24) is 10.2 Å². The predicted molar refractivity (Wildman–Crippen MR) is 59.4 cm³/mol. The highest BCUT2D eigenvalue weighted by Crippen LogP contribution is 2.19. The molecule has 90 valence electrons. The molecule has 1 heterocycles. The minimum Gasteiger partial charge on any atom is -0.393 e. The molecule has 0 aromatic heterocycles. The summed E-state index contributed by atoms with van der Waals surface area (Å²) >= 11 is 0. The molecule has 0 aromatic carbocycles. The van der Waals surface area contributed by atoms with Crippen molar-refractivity contribution in [1.29, 1.82) is 5.26 Å². The molecule has 0 aliphatic carbocycles. The van der Waals surface area contributed by atoms with Gasteiger partial charge in [0.2, 0.25) is 5.91 Å². The number of nitriles is 1. The molecule has 1 aliphatic heterocycles. The second-order valence-electron chi connectivity index (χ2n) is 4.49. The van der Waals surface area contributed by atoms with Gasteiger partial charge in [-0.2, -0.15) is 5.26 Å².